The van der Waals surface area contributed by atoms with Crippen molar-refractivity contribution in [1.29, 1.82) is 0 Å². The molecule has 1 aromatic rings. The highest BCUT2D eigenvalue weighted by Gasteiger charge is 2.32. The highest BCUT2D eigenvalue weighted by Crippen LogP contribution is 2.30. The van der Waals surface area contributed by atoms with E-state index >= 15 is 0 Å². The van der Waals surface area contributed by atoms with Gasteiger partial charge in [0.1, 0.15) is 0 Å². The third-order valence-electron chi connectivity index (χ3n) is 3.01. The van der Waals surface area contributed by atoms with Crippen molar-refractivity contribution in [2.45, 2.75) is 44.7 Å². The molecule has 0 unspecified atom stereocenters. The minimum Gasteiger partial charge on any atom is -0.134 e. The molecule has 0 saturated heterocycles. The summed E-state index contributed by atoms with van der Waals surface area (Å²) in [5.74, 6) is 0. The molecule has 0 aliphatic carbocycles. The van der Waals surface area contributed by atoms with E-state index in [9.17, 15) is 0 Å². The maximum atomic E-state index is 4.23. The molecule has 0 spiro atoms. The van der Waals surface area contributed by atoms with Crippen LogP contribution in [0.5, 0.6) is 0 Å². The zero-order valence-electron chi connectivity index (χ0n) is 10.2. The van der Waals surface area contributed by atoms with Gasteiger partial charge in [-0.05, 0) is 28.9 Å². The summed E-state index contributed by atoms with van der Waals surface area (Å²) in [5, 5.41) is 15.8. The summed E-state index contributed by atoms with van der Waals surface area (Å²) >= 11 is 0. The van der Waals surface area contributed by atoms with Gasteiger partial charge in [-0.1, -0.05) is 50.1 Å². The highest BCUT2D eigenvalue weighted by molar-refractivity contribution is 5.17. The van der Waals surface area contributed by atoms with Gasteiger partial charge in [-0.15, -0.1) is 10.2 Å². The zero-order valence-corrected chi connectivity index (χ0v) is 10.2. The first kappa shape index (κ1) is 11.9. The second-order valence-corrected chi connectivity index (χ2v) is 4.48. The Morgan fingerprint density at radius 3 is 2.35 bits per heavy atom. The van der Waals surface area contributed by atoms with Gasteiger partial charge in [-0.25, -0.2) is 0 Å². The third-order valence-corrected chi connectivity index (χ3v) is 3.01. The van der Waals surface area contributed by atoms with Gasteiger partial charge < -0.3 is 0 Å². The van der Waals surface area contributed by atoms with Crippen LogP contribution in [0, 0.1) is 0 Å². The third kappa shape index (κ3) is 3.19. The van der Waals surface area contributed by atoms with Crippen molar-refractivity contribution in [1.82, 2.24) is 0 Å². The summed E-state index contributed by atoms with van der Waals surface area (Å²) in [5.41, 5.74) is 0.806. The van der Waals surface area contributed by atoms with Crippen LogP contribution in [0.15, 0.2) is 51.0 Å². The maximum Gasteiger partial charge on any atom is 0.199 e. The minimum atomic E-state index is -0.434. The Bertz CT molecular complexity index is 385. The van der Waals surface area contributed by atoms with Crippen molar-refractivity contribution < 1.29 is 0 Å². The minimum absolute atomic E-state index is 0.434. The Kier molecular flexibility index (Phi) is 3.96. The normalized spacial score (nSPS) is 16.5. The summed E-state index contributed by atoms with van der Waals surface area (Å²) in [6.07, 6.45) is 5.27. The Labute approximate surface area is 102 Å². The molecular formula is C13H18N4. The van der Waals surface area contributed by atoms with Gasteiger partial charge in [0.15, 0.2) is 5.66 Å². The smallest absolute Gasteiger partial charge is 0.134 e. The molecule has 1 heterocycles. The molecule has 17 heavy (non-hydrogen) atoms. The quantitative estimate of drug-likeness (QED) is 0.653. The van der Waals surface area contributed by atoms with E-state index in [1.54, 1.807) is 0 Å². The maximum absolute atomic E-state index is 4.23. The van der Waals surface area contributed by atoms with E-state index < -0.39 is 5.66 Å². The number of hydrogen-bond donors (Lipinski definition) is 0. The van der Waals surface area contributed by atoms with Crippen LogP contribution in [0.3, 0.4) is 0 Å². The molecule has 0 atom stereocenters. The first-order valence-electron chi connectivity index (χ1n) is 6.23. The second-order valence-electron chi connectivity index (χ2n) is 4.48. The van der Waals surface area contributed by atoms with Crippen molar-refractivity contribution in [2.24, 2.45) is 20.7 Å². The fourth-order valence-electron chi connectivity index (χ4n) is 2.07. The highest BCUT2D eigenvalue weighted by atomic mass is 15.6. The Balaban J connectivity index is 2.02. The SMILES string of the molecule is CCCCCC1(Cc2ccccc2)N=NN=N1. The van der Waals surface area contributed by atoms with Gasteiger partial charge in [0.2, 0.25) is 0 Å². The molecule has 1 aliphatic rings. The molecular weight excluding hydrogens is 212 g/mol. The lowest BCUT2D eigenvalue weighted by molar-refractivity contribution is 0.387. The molecule has 4 heteroatoms. The van der Waals surface area contributed by atoms with E-state index in [0.717, 1.165) is 19.3 Å². The molecule has 2 rings (SSSR count). The molecule has 0 amide bonds. The van der Waals surface area contributed by atoms with Crippen LogP contribution in [0.4, 0.5) is 0 Å². The van der Waals surface area contributed by atoms with Crippen molar-refractivity contribution >= 4 is 0 Å². The lowest BCUT2D eigenvalue weighted by Gasteiger charge is -2.19. The topological polar surface area (TPSA) is 49.4 Å². The number of unbranched alkanes of at least 4 members (excludes halogenated alkanes) is 2. The molecule has 0 N–H and O–H groups in total. The van der Waals surface area contributed by atoms with Crippen LogP contribution in [0.1, 0.15) is 38.2 Å². The Hall–Kier alpha value is -1.58. The van der Waals surface area contributed by atoms with Crippen molar-refractivity contribution in [2.75, 3.05) is 0 Å². The first-order valence-corrected chi connectivity index (χ1v) is 6.23. The van der Waals surface area contributed by atoms with Gasteiger partial charge >= 0.3 is 0 Å². The number of nitrogens with zero attached hydrogens (tertiary/aromatic N) is 4. The molecule has 0 radical (unpaired) electrons. The Morgan fingerprint density at radius 2 is 1.71 bits per heavy atom. The second kappa shape index (κ2) is 5.66. The lowest BCUT2D eigenvalue weighted by Crippen LogP contribution is -2.24. The number of rotatable bonds is 6. The van der Waals surface area contributed by atoms with Gasteiger partial charge in [0, 0.05) is 6.42 Å². The monoisotopic (exact) mass is 230 g/mol. The summed E-state index contributed by atoms with van der Waals surface area (Å²) in [6.45, 7) is 2.20. The predicted octanol–water partition coefficient (Wildman–Crippen LogP) is 4.34. The molecule has 0 saturated carbocycles. The standard InChI is InChI=1S/C13H18N4/c1-2-3-7-10-13(14-16-17-15-13)11-12-8-5-4-6-9-12/h4-6,8-9H,2-3,7,10-11H2,1H3. The molecule has 90 valence electrons. The fraction of sp³-hybridized carbons (Fsp3) is 0.538. The largest absolute Gasteiger partial charge is 0.199 e. The van der Waals surface area contributed by atoms with Crippen LogP contribution < -0.4 is 0 Å². The van der Waals surface area contributed by atoms with Gasteiger partial charge in [0.25, 0.3) is 0 Å². The van der Waals surface area contributed by atoms with E-state index in [1.165, 1.54) is 18.4 Å². The van der Waals surface area contributed by atoms with Crippen LogP contribution in [-0.2, 0) is 6.42 Å². The summed E-state index contributed by atoms with van der Waals surface area (Å²) in [7, 11) is 0. The predicted molar refractivity (Wildman–Crippen MR) is 66.7 cm³/mol. The Morgan fingerprint density at radius 1 is 1.00 bits per heavy atom. The molecule has 1 aliphatic heterocycles. The van der Waals surface area contributed by atoms with E-state index in [2.05, 4.69) is 39.7 Å². The summed E-state index contributed by atoms with van der Waals surface area (Å²) in [4.78, 5) is 0. The first-order chi connectivity index (χ1) is 8.35. The molecule has 0 fully saturated rings. The molecule has 0 aromatic heterocycles. The van der Waals surface area contributed by atoms with Crippen LogP contribution >= 0.6 is 0 Å². The zero-order chi connectivity index (χ0) is 12.0. The molecule has 4 nitrogen and oxygen atoms in total. The number of benzene rings is 1. The van der Waals surface area contributed by atoms with E-state index in [0.29, 0.717) is 0 Å². The van der Waals surface area contributed by atoms with Gasteiger partial charge in [0.05, 0.1) is 0 Å². The van der Waals surface area contributed by atoms with E-state index in [-0.39, 0.29) is 0 Å². The van der Waals surface area contributed by atoms with E-state index in [1.807, 2.05) is 18.2 Å². The van der Waals surface area contributed by atoms with Crippen molar-refractivity contribution in [3.63, 3.8) is 0 Å². The van der Waals surface area contributed by atoms with Gasteiger partial charge in [-0.2, -0.15) is 0 Å². The summed E-state index contributed by atoms with van der Waals surface area (Å²) < 4.78 is 0. The van der Waals surface area contributed by atoms with Crippen molar-refractivity contribution in [3.8, 4) is 0 Å². The van der Waals surface area contributed by atoms with E-state index in [4.69, 9.17) is 0 Å². The summed E-state index contributed by atoms with van der Waals surface area (Å²) in [6, 6.07) is 10.3. The van der Waals surface area contributed by atoms with Gasteiger partial charge in [-0.3, -0.25) is 0 Å². The average Bonchev–Trinajstić information content (AvgIpc) is 2.80. The molecule has 0 bridgehead atoms. The fourth-order valence-corrected chi connectivity index (χ4v) is 2.07. The van der Waals surface area contributed by atoms with Crippen molar-refractivity contribution in [3.05, 3.63) is 35.9 Å². The molecule has 1 aromatic carbocycles. The average molecular weight is 230 g/mol. The van der Waals surface area contributed by atoms with Crippen LogP contribution in [-0.4, -0.2) is 5.66 Å². The van der Waals surface area contributed by atoms with Crippen LogP contribution in [0.2, 0.25) is 0 Å². The lowest BCUT2D eigenvalue weighted by atomic mass is 9.95. The van der Waals surface area contributed by atoms with Crippen LogP contribution in [0.25, 0.3) is 0 Å². The number of hydrogen-bond acceptors (Lipinski definition) is 4.